The zero-order chi connectivity index (χ0) is 22.5. The molecule has 3 rings (SSSR count). The van der Waals surface area contributed by atoms with Gasteiger partial charge in [0.25, 0.3) is 11.3 Å². The van der Waals surface area contributed by atoms with Crippen molar-refractivity contribution in [3.05, 3.63) is 93.4 Å². The number of ether oxygens (including phenoxy) is 1. The molecule has 9 heteroatoms. The molecule has 3 aromatic rings. The number of anilines is 1. The summed E-state index contributed by atoms with van der Waals surface area (Å²) in [5.41, 5.74) is 1.35. The Morgan fingerprint density at radius 3 is 2.39 bits per heavy atom. The SMILES string of the molecule is Cc1ccccc1N(Cc1cc(=O)c(OCc2ccccc2)c(C(=O)O)n1C)S(=O)O. The molecule has 0 bridgehead atoms. The van der Waals surface area contributed by atoms with Gasteiger partial charge in [0.15, 0.2) is 11.4 Å². The normalized spacial score (nSPS) is 11.7. The van der Waals surface area contributed by atoms with Gasteiger partial charge in [-0.2, -0.15) is 0 Å². The average Bonchev–Trinajstić information content (AvgIpc) is 2.73. The first-order valence-electron chi connectivity index (χ1n) is 9.36. The Kier molecular flexibility index (Phi) is 6.88. The molecular weight excluding hydrogens is 420 g/mol. The number of para-hydroxylation sites is 1. The third-order valence-corrected chi connectivity index (χ3v) is 5.51. The summed E-state index contributed by atoms with van der Waals surface area (Å²) < 4.78 is 29.9. The van der Waals surface area contributed by atoms with Crippen LogP contribution >= 0.6 is 0 Å². The Morgan fingerprint density at radius 1 is 1.13 bits per heavy atom. The molecule has 0 aliphatic carbocycles. The van der Waals surface area contributed by atoms with Crippen LogP contribution in [0, 0.1) is 6.92 Å². The van der Waals surface area contributed by atoms with E-state index in [1.165, 1.54) is 22.0 Å². The number of pyridine rings is 1. The minimum atomic E-state index is -2.39. The lowest BCUT2D eigenvalue weighted by Crippen LogP contribution is -2.30. The topological polar surface area (TPSA) is 109 Å². The number of benzene rings is 2. The summed E-state index contributed by atoms with van der Waals surface area (Å²) in [6.45, 7) is 1.67. The molecule has 0 aliphatic heterocycles. The number of aromatic carboxylic acids is 1. The summed E-state index contributed by atoms with van der Waals surface area (Å²) in [6.07, 6.45) is 0. The lowest BCUT2D eigenvalue weighted by Gasteiger charge is -2.24. The summed E-state index contributed by atoms with van der Waals surface area (Å²) in [5.74, 6) is -1.62. The second-order valence-corrected chi connectivity index (χ2v) is 7.77. The molecule has 1 unspecified atom stereocenters. The second kappa shape index (κ2) is 9.59. The molecule has 0 amide bonds. The van der Waals surface area contributed by atoms with Crippen LogP contribution in [0.1, 0.15) is 27.3 Å². The minimum Gasteiger partial charge on any atom is -0.482 e. The van der Waals surface area contributed by atoms with E-state index in [2.05, 4.69) is 0 Å². The Balaban J connectivity index is 2.00. The zero-order valence-corrected chi connectivity index (χ0v) is 17.8. The first-order valence-corrected chi connectivity index (χ1v) is 10.4. The van der Waals surface area contributed by atoms with E-state index in [0.29, 0.717) is 5.69 Å². The maximum atomic E-state index is 12.7. The fourth-order valence-electron chi connectivity index (χ4n) is 3.20. The first-order chi connectivity index (χ1) is 14.8. The molecule has 0 radical (unpaired) electrons. The van der Waals surface area contributed by atoms with Crippen LogP contribution in [-0.2, 0) is 31.5 Å². The van der Waals surface area contributed by atoms with Crippen molar-refractivity contribution < 1.29 is 23.4 Å². The number of aromatic nitrogens is 1. The molecule has 0 aliphatic rings. The van der Waals surface area contributed by atoms with Crippen LogP contribution in [0.15, 0.2) is 65.5 Å². The van der Waals surface area contributed by atoms with Gasteiger partial charge in [0.1, 0.15) is 6.61 Å². The van der Waals surface area contributed by atoms with Crippen LogP contribution in [0.5, 0.6) is 5.75 Å². The van der Waals surface area contributed by atoms with Crippen LogP contribution in [0.4, 0.5) is 5.69 Å². The first kappa shape index (κ1) is 22.3. The smallest absolute Gasteiger partial charge is 0.356 e. The molecule has 0 fully saturated rings. The molecule has 31 heavy (non-hydrogen) atoms. The van der Waals surface area contributed by atoms with E-state index in [1.54, 1.807) is 43.3 Å². The van der Waals surface area contributed by atoms with Gasteiger partial charge in [-0.05, 0) is 24.1 Å². The molecule has 1 atom stereocenters. The van der Waals surface area contributed by atoms with E-state index in [1.807, 2.05) is 18.2 Å². The van der Waals surface area contributed by atoms with E-state index < -0.39 is 22.7 Å². The largest absolute Gasteiger partial charge is 0.482 e. The van der Waals surface area contributed by atoms with E-state index in [9.17, 15) is 23.5 Å². The van der Waals surface area contributed by atoms with Crippen molar-refractivity contribution >= 4 is 22.9 Å². The van der Waals surface area contributed by atoms with Crippen LogP contribution in [0.25, 0.3) is 0 Å². The van der Waals surface area contributed by atoms with Gasteiger partial charge in [-0.1, -0.05) is 48.5 Å². The van der Waals surface area contributed by atoms with Crippen molar-refractivity contribution in [3.8, 4) is 5.75 Å². The fraction of sp³-hybridized carbons (Fsp3) is 0.182. The maximum absolute atomic E-state index is 12.7. The third-order valence-electron chi connectivity index (χ3n) is 4.81. The highest BCUT2D eigenvalue weighted by Gasteiger charge is 2.23. The summed E-state index contributed by atoms with van der Waals surface area (Å²) >= 11 is -2.39. The number of carbonyl (C=O) groups is 1. The highest BCUT2D eigenvalue weighted by Crippen LogP contribution is 2.24. The van der Waals surface area contributed by atoms with Gasteiger partial charge in [-0.25, -0.2) is 9.00 Å². The monoisotopic (exact) mass is 442 g/mol. The van der Waals surface area contributed by atoms with E-state index in [4.69, 9.17) is 4.74 Å². The van der Waals surface area contributed by atoms with Crippen LogP contribution < -0.4 is 14.5 Å². The van der Waals surface area contributed by atoms with Gasteiger partial charge in [0, 0.05) is 18.8 Å². The Bertz CT molecular complexity index is 1180. The average molecular weight is 442 g/mol. The minimum absolute atomic E-state index is 0.0334. The highest BCUT2D eigenvalue weighted by atomic mass is 32.2. The van der Waals surface area contributed by atoms with Crippen molar-refractivity contribution in [3.63, 3.8) is 0 Å². The lowest BCUT2D eigenvalue weighted by atomic mass is 10.2. The predicted molar refractivity (Wildman–Crippen MR) is 118 cm³/mol. The molecule has 0 saturated heterocycles. The summed E-state index contributed by atoms with van der Waals surface area (Å²) in [6, 6.07) is 17.3. The van der Waals surface area contributed by atoms with Crippen molar-refractivity contribution in [1.82, 2.24) is 4.57 Å². The molecule has 0 spiro atoms. The number of aryl methyl sites for hydroxylation is 1. The maximum Gasteiger partial charge on any atom is 0.356 e. The van der Waals surface area contributed by atoms with Gasteiger partial charge in [-0.15, -0.1) is 0 Å². The van der Waals surface area contributed by atoms with Crippen molar-refractivity contribution in [2.45, 2.75) is 20.1 Å². The number of carboxylic acids is 1. The number of rotatable bonds is 8. The van der Waals surface area contributed by atoms with Gasteiger partial charge in [0.05, 0.1) is 12.2 Å². The van der Waals surface area contributed by atoms with Gasteiger partial charge in [-0.3, -0.25) is 13.7 Å². The van der Waals surface area contributed by atoms with Crippen LogP contribution in [0.3, 0.4) is 0 Å². The van der Waals surface area contributed by atoms with Crippen molar-refractivity contribution in [2.24, 2.45) is 7.05 Å². The van der Waals surface area contributed by atoms with E-state index >= 15 is 0 Å². The number of carboxylic acid groups (broad SMARTS) is 1. The highest BCUT2D eigenvalue weighted by molar-refractivity contribution is 7.80. The molecule has 0 saturated carbocycles. The lowest BCUT2D eigenvalue weighted by molar-refractivity contribution is 0.0678. The standard InChI is InChI=1S/C22H22N2O6S/c1-15-8-6-7-11-18(15)24(31(28)29)13-17-12-19(25)21(20(22(26)27)23(17)2)30-14-16-9-4-3-5-10-16/h3-12H,13-14H2,1-2H3,(H,26,27)(H,28,29). The van der Waals surface area contributed by atoms with Gasteiger partial charge >= 0.3 is 5.97 Å². The van der Waals surface area contributed by atoms with Crippen molar-refractivity contribution in [1.29, 1.82) is 0 Å². The molecular formula is C22H22N2O6S. The number of nitrogens with zero attached hydrogens (tertiary/aromatic N) is 2. The van der Waals surface area contributed by atoms with Gasteiger partial charge in [0.2, 0.25) is 5.43 Å². The Morgan fingerprint density at radius 2 is 1.77 bits per heavy atom. The zero-order valence-electron chi connectivity index (χ0n) is 17.0. The quantitative estimate of drug-likeness (QED) is 0.519. The van der Waals surface area contributed by atoms with Crippen LogP contribution in [-0.4, -0.2) is 24.4 Å². The molecule has 8 nitrogen and oxygen atoms in total. The number of hydrogen-bond donors (Lipinski definition) is 2. The van der Waals surface area contributed by atoms with E-state index in [0.717, 1.165) is 11.1 Å². The van der Waals surface area contributed by atoms with Crippen LogP contribution in [0.2, 0.25) is 0 Å². The third kappa shape index (κ3) is 5.01. The van der Waals surface area contributed by atoms with Gasteiger partial charge < -0.3 is 14.4 Å². The Labute approximate surface area is 181 Å². The predicted octanol–water partition coefficient (Wildman–Crippen LogP) is 3.11. The summed E-state index contributed by atoms with van der Waals surface area (Å²) in [4.78, 5) is 24.7. The molecule has 162 valence electrons. The molecule has 1 heterocycles. The second-order valence-electron chi connectivity index (χ2n) is 6.87. The Hall–Kier alpha value is -3.43. The number of hydrogen-bond acceptors (Lipinski definition) is 4. The van der Waals surface area contributed by atoms with Crippen molar-refractivity contribution in [2.75, 3.05) is 4.31 Å². The van der Waals surface area contributed by atoms with E-state index in [-0.39, 0.29) is 30.3 Å². The molecule has 2 aromatic carbocycles. The molecule has 1 aromatic heterocycles. The molecule has 2 N–H and O–H groups in total. The summed E-state index contributed by atoms with van der Waals surface area (Å²) in [5, 5.41) is 9.73. The summed E-state index contributed by atoms with van der Waals surface area (Å²) in [7, 11) is 1.48. The fourth-order valence-corrected chi connectivity index (χ4v) is 3.82.